The number of rotatable bonds is 14. The largest absolute Gasteiger partial charge is 0.489 e. The van der Waals surface area contributed by atoms with Crippen LogP contribution in [0.1, 0.15) is 41.9 Å². The first-order valence-electron chi connectivity index (χ1n) is 22.7. The number of hydrogen-bond donors (Lipinski definition) is 3. The zero-order valence-corrected chi connectivity index (χ0v) is 36.7. The van der Waals surface area contributed by atoms with Crippen molar-refractivity contribution < 1.29 is 33.3 Å². The van der Waals surface area contributed by atoms with Crippen molar-refractivity contribution in [3.8, 4) is 28.6 Å². The molecule has 5 atom stereocenters. The van der Waals surface area contributed by atoms with Gasteiger partial charge in [0.1, 0.15) is 18.1 Å². The summed E-state index contributed by atoms with van der Waals surface area (Å²) in [7, 11) is 0. The van der Waals surface area contributed by atoms with Crippen LogP contribution in [0.3, 0.4) is 0 Å². The van der Waals surface area contributed by atoms with Gasteiger partial charge in [-0.05, 0) is 96.3 Å². The zero-order chi connectivity index (χ0) is 45.7. The van der Waals surface area contributed by atoms with E-state index in [4.69, 9.17) is 19.3 Å². The number of fused-ring (bicyclic) bond motifs is 2. The van der Waals surface area contributed by atoms with E-state index in [-0.39, 0.29) is 36.6 Å². The van der Waals surface area contributed by atoms with Crippen molar-refractivity contribution in [1.82, 2.24) is 30.2 Å². The normalized spacial score (nSPS) is 19.9. The number of carbonyl (C=O) groups is 2. The summed E-state index contributed by atoms with van der Waals surface area (Å²) in [5.74, 6) is 0.215. The van der Waals surface area contributed by atoms with Crippen molar-refractivity contribution >= 4 is 23.2 Å². The van der Waals surface area contributed by atoms with Gasteiger partial charge in [-0.3, -0.25) is 9.59 Å². The summed E-state index contributed by atoms with van der Waals surface area (Å²) in [6.45, 7) is 2.08. The molecule has 14 nitrogen and oxygen atoms in total. The maximum atomic E-state index is 14.2. The van der Waals surface area contributed by atoms with Gasteiger partial charge in [0.2, 0.25) is 0 Å². The number of para-hydroxylation sites is 5. The van der Waals surface area contributed by atoms with Crippen molar-refractivity contribution in [2.24, 2.45) is 0 Å². The first-order valence-corrected chi connectivity index (χ1v) is 22.7. The van der Waals surface area contributed by atoms with E-state index in [9.17, 15) is 19.1 Å². The quantitative estimate of drug-likeness (QED) is 0.100. The van der Waals surface area contributed by atoms with Gasteiger partial charge in [0.25, 0.3) is 11.8 Å². The van der Waals surface area contributed by atoms with E-state index in [1.54, 1.807) is 24.4 Å². The van der Waals surface area contributed by atoms with Crippen molar-refractivity contribution in [3.05, 3.63) is 175 Å². The Kier molecular flexibility index (Phi) is 12.6. The highest BCUT2D eigenvalue weighted by Crippen LogP contribution is 2.37. The van der Waals surface area contributed by atoms with E-state index in [2.05, 4.69) is 37.7 Å². The lowest BCUT2D eigenvalue weighted by molar-refractivity contribution is -0.130. The Morgan fingerprint density at radius 1 is 0.716 bits per heavy atom. The number of benzene rings is 5. The molecule has 67 heavy (non-hydrogen) atoms. The molecule has 2 amide bonds. The predicted molar refractivity (Wildman–Crippen MR) is 250 cm³/mol. The molecule has 342 valence electrons. The molecule has 3 aliphatic rings. The molecule has 10 rings (SSSR count). The van der Waals surface area contributed by atoms with Crippen LogP contribution in [-0.4, -0.2) is 87.1 Å². The van der Waals surface area contributed by atoms with Gasteiger partial charge in [-0.25, -0.2) is 13.8 Å². The van der Waals surface area contributed by atoms with Gasteiger partial charge in [-0.1, -0.05) is 67.1 Å². The fourth-order valence-corrected chi connectivity index (χ4v) is 9.24. The van der Waals surface area contributed by atoms with Crippen LogP contribution < -0.4 is 34.6 Å². The maximum absolute atomic E-state index is 14.2. The van der Waals surface area contributed by atoms with Gasteiger partial charge in [0.05, 0.1) is 60.7 Å². The van der Waals surface area contributed by atoms with E-state index in [1.165, 1.54) is 6.07 Å². The van der Waals surface area contributed by atoms with Crippen LogP contribution in [0.2, 0.25) is 0 Å². The fraction of sp³-hybridized carbons (Fsp3) is 0.269. The van der Waals surface area contributed by atoms with E-state index in [0.717, 1.165) is 52.3 Å². The van der Waals surface area contributed by atoms with Gasteiger partial charge < -0.3 is 39.8 Å². The highest BCUT2D eigenvalue weighted by Gasteiger charge is 2.39. The van der Waals surface area contributed by atoms with Gasteiger partial charge in [0, 0.05) is 37.6 Å². The van der Waals surface area contributed by atoms with Gasteiger partial charge in [-0.2, -0.15) is 10.2 Å². The molecule has 1 saturated carbocycles. The molecular weight excluding hydrogens is 852 g/mol. The predicted octanol–water partition coefficient (Wildman–Crippen LogP) is 6.74. The third-order valence-corrected chi connectivity index (χ3v) is 12.7. The van der Waals surface area contributed by atoms with Gasteiger partial charge in [-0.15, -0.1) is 0 Å². The molecule has 0 bridgehead atoms. The number of halogens is 1. The molecule has 2 unspecified atom stereocenters. The molecule has 0 radical (unpaired) electrons. The SMILES string of the molecule is O=C(NCCOc1ccccc1F)C1CN(Cc2ccc(-n3cc(C4CCC[C@H](O)[C@H]4NC(=O)[C@@H]4CN(Cc5ccc(-n6cccn6)cc5)c5ccccc5O4)cn3)cc2)c2ccccc2O1. The summed E-state index contributed by atoms with van der Waals surface area (Å²) >= 11 is 0. The van der Waals surface area contributed by atoms with Crippen LogP contribution >= 0.6 is 0 Å². The Morgan fingerprint density at radius 2 is 1.33 bits per heavy atom. The first kappa shape index (κ1) is 43.3. The number of hydrogen-bond acceptors (Lipinski definition) is 10. The molecule has 7 aromatic rings. The van der Waals surface area contributed by atoms with E-state index >= 15 is 0 Å². The standard InChI is InChI=1S/C52H51FN8O6/c53-41-10-1-4-14-45(41)65-28-26-54-51(63)48-33-58(42-11-2-5-15-46(42)66-48)30-36-19-23-39(24-20-36)61-32-37(29-56-61)40-9-7-13-44(62)50(40)57-52(64)49-34-59(43-12-3-6-16-47(43)67-49)31-35-17-21-38(22-18-35)60-27-8-25-55-60/h1-6,8,10-12,14-25,27,29,32,40,44,48-50,62H,7,9,13,26,28,30-31,33-34H2,(H,54,63)(H,57,64)/t40?,44-,48?,49-,50-/m0/s1. The molecule has 1 fully saturated rings. The Balaban J connectivity index is 0.776. The Bertz CT molecular complexity index is 2800. The van der Waals surface area contributed by atoms with E-state index in [1.807, 2.05) is 119 Å². The summed E-state index contributed by atoms with van der Waals surface area (Å²) in [5, 5.41) is 26.5. The van der Waals surface area contributed by atoms with Crippen molar-refractivity contribution in [2.75, 3.05) is 36.0 Å². The number of nitrogens with one attached hydrogen (secondary N) is 2. The monoisotopic (exact) mass is 902 g/mol. The fourth-order valence-electron chi connectivity index (χ4n) is 9.24. The summed E-state index contributed by atoms with van der Waals surface area (Å²) in [5.41, 5.74) is 6.66. The number of ether oxygens (including phenoxy) is 3. The average Bonchev–Trinajstić information content (AvgIpc) is 4.09. The van der Waals surface area contributed by atoms with Gasteiger partial charge in [0.15, 0.2) is 23.8 Å². The second-order valence-corrected chi connectivity index (χ2v) is 17.1. The number of anilines is 2. The Hall–Kier alpha value is -7.65. The van der Waals surface area contributed by atoms with Crippen LogP contribution in [0.15, 0.2) is 152 Å². The lowest BCUT2D eigenvalue weighted by Crippen LogP contribution is -2.56. The van der Waals surface area contributed by atoms with Crippen LogP contribution in [0, 0.1) is 5.82 Å². The van der Waals surface area contributed by atoms with E-state index in [0.29, 0.717) is 44.1 Å². The van der Waals surface area contributed by atoms with Crippen LogP contribution in [0.4, 0.5) is 15.8 Å². The van der Waals surface area contributed by atoms with Gasteiger partial charge >= 0.3 is 0 Å². The third-order valence-electron chi connectivity index (χ3n) is 12.7. The molecule has 1 aliphatic carbocycles. The molecular formula is C52H51FN8O6. The molecule has 4 heterocycles. The Labute approximate surface area is 387 Å². The zero-order valence-electron chi connectivity index (χ0n) is 36.7. The second kappa shape index (κ2) is 19.4. The molecule has 2 aliphatic heterocycles. The molecule has 15 heteroatoms. The number of aliphatic hydroxyl groups is 1. The average molecular weight is 903 g/mol. The minimum atomic E-state index is -0.790. The summed E-state index contributed by atoms with van der Waals surface area (Å²) in [4.78, 5) is 31.7. The molecule has 5 aromatic carbocycles. The highest BCUT2D eigenvalue weighted by atomic mass is 19.1. The number of aromatic nitrogens is 4. The van der Waals surface area contributed by atoms with E-state index < -0.39 is 30.2 Å². The second-order valence-electron chi connectivity index (χ2n) is 17.1. The summed E-state index contributed by atoms with van der Waals surface area (Å²) in [6, 6.07) is 39.2. The van der Waals surface area contributed by atoms with Crippen LogP contribution in [-0.2, 0) is 22.7 Å². The van der Waals surface area contributed by atoms with Crippen molar-refractivity contribution in [2.45, 2.75) is 62.6 Å². The number of aliphatic hydroxyl groups excluding tert-OH is 1. The number of carbonyl (C=O) groups excluding carboxylic acids is 2. The lowest BCUT2D eigenvalue weighted by Gasteiger charge is -2.39. The van der Waals surface area contributed by atoms with Crippen molar-refractivity contribution in [1.29, 1.82) is 0 Å². The molecule has 2 aromatic heterocycles. The highest BCUT2D eigenvalue weighted by molar-refractivity contribution is 5.84. The minimum Gasteiger partial charge on any atom is -0.489 e. The smallest absolute Gasteiger partial charge is 0.263 e. The first-order chi connectivity index (χ1) is 32.8. The summed E-state index contributed by atoms with van der Waals surface area (Å²) in [6.07, 6.45) is 7.35. The topological polar surface area (TPSA) is 148 Å². The number of nitrogens with zero attached hydrogens (tertiary/aromatic N) is 6. The molecule has 0 saturated heterocycles. The van der Waals surface area contributed by atoms with Crippen molar-refractivity contribution in [3.63, 3.8) is 0 Å². The lowest BCUT2D eigenvalue weighted by atomic mass is 9.79. The molecule has 3 N–H and O–H groups in total. The Morgan fingerprint density at radius 3 is 1.97 bits per heavy atom. The molecule has 0 spiro atoms. The van der Waals surface area contributed by atoms with Crippen LogP contribution in [0.5, 0.6) is 17.2 Å². The maximum Gasteiger partial charge on any atom is 0.263 e. The number of amides is 2. The summed E-state index contributed by atoms with van der Waals surface area (Å²) < 4.78 is 35.6. The van der Waals surface area contributed by atoms with Crippen LogP contribution in [0.25, 0.3) is 11.4 Å². The third kappa shape index (κ3) is 9.68. The minimum absolute atomic E-state index is 0.111.